The number of imide groups is 1. The summed E-state index contributed by atoms with van der Waals surface area (Å²) < 4.78 is 2.13. The molecule has 7 rings (SSSR count). The average Bonchev–Trinajstić information content (AvgIpc) is 3.27. The summed E-state index contributed by atoms with van der Waals surface area (Å²) in [5.74, 6) is -0.306. The molecule has 2 bridgehead atoms. The molecule has 3 aromatic rings. The lowest BCUT2D eigenvalue weighted by Gasteiger charge is -2.18. The first-order chi connectivity index (χ1) is 16.1. The minimum Gasteiger partial charge on any atom is -0.342 e. The van der Waals surface area contributed by atoms with Crippen molar-refractivity contribution in [1.82, 2.24) is 9.58 Å². The SMILES string of the molecule is O=C1[C@@H]2[C@@H](C(=O)N1/N=C\c1cn(Cc3ccccc3Cl)c3ccccc13)[C@@H]1C=C[C@H]2C12CC2. The number of halogens is 1. The fraction of sp³-hybridized carbons (Fsp3) is 0.296. The van der Waals surface area contributed by atoms with Crippen LogP contribution in [0.5, 0.6) is 0 Å². The molecule has 4 atom stereocenters. The molecule has 0 N–H and O–H groups in total. The first kappa shape index (κ1) is 19.3. The van der Waals surface area contributed by atoms with Gasteiger partial charge < -0.3 is 4.57 Å². The Morgan fingerprint density at radius 3 is 2.33 bits per heavy atom. The Balaban J connectivity index is 1.21. The van der Waals surface area contributed by atoms with Crippen molar-refractivity contribution < 1.29 is 9.59 Å². The van der Waals surface area contributed by atoms with Crippen LogP contribution in [0.1, 0.15) is 24.0 Å². The highest BCUT2D eigenvalue weighted by Crippen LogP contribution is 2.73. The predicted molar refractivity (Wildman–Crippen MR) is 127 cm³/mol. The summed E-state index contributed by atoms with van der Waals surface area (Å²) in [7, 11) is 0. The lowest BCUT2D eigenvalue weighted by molar-refractivity contribution is -0.141. The molecule has 33 heavy (non-hydrogen) atoms. The van der Waals surface area contributed by atoms with E-state index in [2.05, 4.69) is 27.9 Å². The summed E-state index contributed by atoms with van der Waals surface area (Å²) in [6, 6.07) is 15.9. The summed E-state index contributed by atoms with van der Waals surface area (Å²) in [5.41, 5.74) is 3.14. The van der Waals surface area contributed by atoms with Crippen LogP contribution in [-0.4, -0.2) is 27.6 Å². The smallest absolute Gasteiger partial charge is 0.254 e. The number of hydrogen-bond donors (Lipinski definition) is 0. The highest BCUT2D eigenvalue weighted by atomic mass is 35.5. The molecule has 2 amide bonds. The van der Waals surface area contributed by atoms with Crippen LogP contribution in [0.15, 0.2) is 72.0 Å². The summed E-state index contributed by atoms with van der Waals surface area (Å²) in [5, 5.41) is 7.31. The number of aromatic nitrogens is 1. The van der Waals surface area contributed by atoms with Crippen molar-refractivity contribution in [3.63, 3.8) is 0 Å². The van der Waals surface area contributed by atoms with E-state index in [-0.39, 0.29) is 40.9 Å². The zero-order valence-corrected chi connectivity index (χ0v) is 18.7. The van der Waals surface area contributed by atoms with Gasteiger partial charge in [-0.3, -0.25) is 9.59 Å². The maximum atomic E-state index is 13.2. The Bertz CT molecular complexity index is 1370. The van der Waals surface area contributed by atoms with Crippen LogP contribution >= 0.6 is 11.6 Å². The number of amides is 2. The van der Waals surface area contributed by atoms with Crippen LogP contribution in [0.25, 0.3) is 10.9 Å². The lowest BCUT2D eigenvalue weighted by atomic mass is 9.85. The normalized spacial score (nSPS) is 28.7. The van der Waals surface area contributed by atoms with Gasteiger partial charge in [0.25, 0.3) is 11.8 Å². The maximum absolute atomic E-state index is 13.2. The number of rotatable bonds is 4. The van der Waals surface area contributed by atoms with E-state index in [4.69, 9.17) is 11.6 Å². The quantitative estimate of drug-likeness (QED) is 0.320. The molecule has 1 aromatic heterocycles. The number of hydrogen-bond acceptors (Lipinski definition) is 3. The zero-order chi connectivity index (χ0) is 22.3. The number of carbonyl (C=O) groups excluding carboxylic acids is 2. The van der Waals surface area contributed by atoms with Crippen molar-refractivity contribution in [2.75, 3.05) is 0 Å². The third-order valence-electron chi connectivity index (χ3n) is 8.26. The van der Waals surface area contributed by atoms with Crippen molar-refractivity contribution in [3.05, 3.63) is 83.0 Å². The van der Waals surface area contributed by atoms with Gasteiger partial charge in [-0.15, -0.1) is 0 Å². The third kappa shape index (κ3) is 2.57. The van der Waals surface area contributed by atoms with Crippen LogP contribution < -0.4 is 0 Å². The van der Waals surface area contributed by atoms with Crippen molar-refractivity contribution >= 4 is 40.5 Å². The van der Waals surface area contributed by atoms with Gasteiger partial charge in [-0.25, -0.2) is 0 Å². The van der Waals surface area contributed by atoms with Crippen molar-refractivity contribution in [1.29, 1.82) is 0 Å². The van der Waals surface area contributed by atoms with Gasteiger partial charge in [0.05, 0.1) is 18.1 Å². The van der Waals surface area contributed by atoms with Crippen LogP contribution in [0, 0.1) is 29.1 Å². The van der Waals surface area contributed by atoms with E-state index in [1.165, 1.54) is 0 Å². The molecule has 4 aliphatic rings. The van der Waals surface area contributed by atoms with E-state index < -0.39 is 0 Å². The summed E-state index contributed by atoms with van der Waals surface area (Å²) in [4.78, 5) is 26.4. The number of allylic oxidation sites excluding steroid dienone is 2. The highest BCUT2D eigenvalue weighted by molar-refractivity contribution is 6.31. The number of nitrogens with zero attached hydrogens (tertiary/aromatic N) is 3. The molecule has 1 saturated heterocycles. The van der Waals surface area contributed by atoms with Gasteiger partial charge in [0.15, 0.2) is 0 Å². The topological polar surface area (TPSA) is 54.7 Å². The Morgan fingerprint density at radius 2 is 1.64 bits per heavy atom. The van der Waals surface area contributed by atoms with Gasteiger partial charge in [0, 0.05) is 34.2 Å². The minimum atomic E-state index is -0.228. The van der Waals surface area contributed by atoms with Crippen molar-refractivity contribution in [2.45, 2.75) is 19.4 Å². The second-order valence-electron chi connectivity index (χ2n) is 9.77. The highest BCUT2D eigenvalue weighted by Gasteiger charge is 2.73. The van der Waals surface area contributed by atoms with E-state index in [1.807, 2.05) is 48.7 Å². The van der Waals surface area contributed by atoms with Gasteiger partial charge in [0.1, 0.15) is 0 Å². The standard InChI is InChI=1S/C27H22ClN3O2/c28-21-7-3-1-5-16(21)14-30-15-17(18-6-2-4-8-22(18)30)13-29-31-25(32)23-19-9-10-20(24(23)26(31)33)27(19)11-12-27/h1-10,13,15,19-20,23-24H,11-12,14H2/b29-13-/t19-,20+,23-,24-/m0/s1. The van der Waals surface area contributed by atoms with Crippen LogP contribution in [0.3, 0.4) is 0 Å². The molecule has 1 spiro atoms. The van der Waals surface area contributed by atoms with Gasteiger partial charge >= 0.3 is 0 Å². The summed E-state index contributed by atoms with van der Waals surface area (Å²) >= 11 is 6.38. The van der Waals surface area contributed by atoms with E-state index in [9.17, 15) is 9.59 Å². The minimum absolute atomic E-state index is 0.135. The van der Waals surface area contributed by atoms with Crippen LogP contribution in [0.2, 0.25) is 5.02 Å². The molecule has 0 radical (unpaired) electrons. The molecule has 2 aromatic carbocycles. The molecule has 3 fully saturated rings. The van der Waals surface area contributed by atoms with E-state index in [1.54, 1.807) is 6.21 Å². The van der Waals surface area contributed by atoms with Crippen molar-refractivity contribution in [2.24, 2.45) is 34.2 Å². The largest absolute Gasteiger partial charge is 0.342 e. The predicted octanol–water partition coefficient (Wildman–Crippen LogP) is 4.87. The van der Waals surface area contributed by atoms with E-state index in [0.717, 1.165) is 44.9 Å². The van der Waals surface area contributed by atoms with E-state index >= 15 is 0 Å². The zero-order valence-electron chi connectivity index (χ0n) is 17.9. The number of para-hydroxylation sites is 1. The number of fused-ring (bicyclic) bond motifs is 4. The summed E-state index contributed by atoms with van der Waals surface area (Å²) in [6.07, 6.45) is 10.3. The molecule has 5 nitrogen and oxygen atoms in total. The Labute approximate surface area is 196 Å². The van der Waals surface area contributed by atoms with Crippen LogP contribution in [0.4, 0.5) is 0 Å². The molecule has 164 valence electrons. The second kappa shape index (κ2) is 6.67. The molecule has 6 heteroatoms. The third-order valence-corrected chi connectivity index (χ3v) is 8.63. The van der Waals surface area contributed by atoms with Crippen molar-refractivity contribution in [3.8, 4) is 0 Å². The summed E-state index contributed by atoms with van der Waals surface area (Å²) in [6.45, 7) is 0.622. The average molecular weight is 456 g/mol. The van der Waals surface area contributed by atoms with Crippen LogP contribution in [-0.2, 0) is 16.1 Å². The fourth-order valence-electron chi connectivity index (χ4n) is 6.62. The van der Waals surface area contributed by atoms with Gasteiger partial charge in [-0.1, -0.05) is 60.2 Å². The monoisotopic (exact) mass is 455 g/mol. The first-order valence-electron chi connectivity index (χ1n) is 11.5. The number of benzene rings is 2. The van der Waals surface area contributed by atoms with E-state index in [0.29, 0.717) is 6.54 Å². The molecular formula is C27H22ClN3O2. The number of hydrazone groups is 1. The van der Waals surface area contributed by atoms with Gasteiger partial charge in [0.2, 0.25) is 0 Å². The Morgan fingerprint density at radius 1 is 0.970 bits per heavy atom. The second-order valence-corrected chi connectivity index (χ2v) is 10.2. The number of carbonyl (C=O) groups is 2. The molecule has 2 saturated carbocycles. The Kier molecular flexibility index (Phi) is 3.90. The molecule has 2 heterocycles. The molecular weight excluding hydrogens is 434 g/mol. The molecule has 0 unspecified atom stereocenters. The molecule has 1 aliphatic heterocycles. The van der Waals surface area contributed by atoms with Gasteiger partial charge in [-0.05, 0) is 47.8 Å². The molecule has 3 aliphatic carbocycles. The first-order valence-corrected chi connectivity index (χ1v) is 11.9. The van der Waals surface area contributed by atoms with Gasteiger partial charge in [-0.2, -0.15) is 10.1 Å². The lowest BCUT2D eigenvalue weighted by Crippen LogP contribution is -2.30. The maximum Gasteiger partial charge on any atom is 0.254 e. The Hall–Kier alpha value is -3.18. The fourth-order valence-corrected chi connectivity index (χ4v) is 6.81.